The molecule has 6 nitrogen and oxygen atoms in total. The van der Waals surface area contributed by atoms with E-state index in [1.165, 1.54) is 30.3 Å². The number of ether oxygens (including phenoxy) is 1. The summed E-state index contributed by atoms with van der Waals surface area (Å²) in [5.74, 6) is -1.29. The number of hydrogen-bond acceptors (Lipinski definition) is 4. The third-order valence-corrected chi connectivity index (χ3v) is 7.00. The number of halogens is 4. The van der Waals surface area contributed by atoms with Crippen molar-refractivity contribution in [3.63, 3.8) is 0 Å². The summed E-state index contributed by atoms with van der Waals surface area (Å²) >= 11 is 5.13. The van der Waals surface area contributed by atoms with Crippen molar-refractivity contribution in [3.8, 4) is 11.4 Å². The fourth-order valence-corrected chi connectivity index (χ4v) is 4.92. The van der Waals surface area contributed by atoms with Crippen LogP contribution in [-0.4, -0.2) is 21.5 Å². The molecule has 4 aromatic rings. The van der Waals surface area contributed by atoms with Gasteiger partial charge in [-0.2, -0.15) is 13.2 Å². The zero-order chi connectivity index (χ0) is 30.2. The first-order valence-corrected chi connectivity index (χ1v) is 13.1. The van der Waals surface area contributed by atoms with E-state index in [1.54, 1.807) is 30.3 Å². The van der Waals surface area contributed by atoms with Gasteiger partial charge in [0.15, 0.2) is 5.11 Å². The second kappa shape index (κ2) is 11.2. The van der Waals surface area contributed by atoms with E-state index in [9.17, 15) is 27.2 Å². The zero-order valence-electron chi connectivity index (χ0n) is 22.3. The average molecular weight is 594 g/mol. The molecule has 0 bridgehead atoms. The number of carbonyl (C=O) groups excluding carboxylic acids is 2. The molecule has 1 fully saturated rings. The van der Waals surface area contributed by atoms with Gasteiger partial charge >= 0.3 is 6.18 Å². The van der Waals surface area contributed by atoms with Crippen LogP contribution < -0.4 is 15.0 Å². The highest BCUT2D eigenvalue weighted by Gasteiger charge is 2.37. The van der Waals surface area contributed by atoms with Gasteiger partial charge in [-0.25, -0.2) is 4.39 Å². The van der Waals surface area contributed by atoms with Gasteiger partial charge in [0.2, 0.25) is 0 Å². The molecule has 0 unspecified atom stereocenters. The number of nitrogens with one attached hydrogen (secondary N) is 1. The van der Waals surface area contributed by atoms with Crippen LogP contribution in [0.15, 0.2) is 84.4 Å². The minimum atomic E-state index is -4.62. The Bertz CT molecular complexity index is 1730. The van der Waals surface area contributed by atoms with Gasteiger partial charge in [0.05, 0.1) is 11.3 Å². The number of nitrogens with zero attached hydrogens (tertiary/aromatic N) is 2. The summed E-state index contributed by atoms with van der Waals surface area (Å²) in [7, 11) is 0. The van der Waals surface area contributed by atoms with E-state index >= 15 is 0 Å². The number of amides is 2. The highest BCUT2D eigenvalue weighted by molar-refractivity contribution is 7.80. The molecule has 2 heterocycles. The molecule has 1 aromatic heterocycles. The van der Waals surface area contributed by atoms with E-state index in [0.717, 1.165) is 39.7 Å². The largest absolute Gasteiger partial charge is 0.489 e. The number of carbonyl (C=O) groups is 2. The van der Waals surface area contributed by atoms with E-state index in [0.29, 0.717) is 11.3 Å². The molecule has 2 amide bonds. The number of anilines is 1. The van der Waals surface area contributed by atoms with E-state index in [2.05, 4.69) is 5.32 Å². The van der Waals surface area contributed by atoms with Gasteiger partial charge in [0.25, 0.3) is 11.8 Å². The molecule has 1 aliphatic rings. The molecule has 5 rings (SSSR count). The van der Waals surface area contributed by atoms with Crippen molar-refractivity contribution in [2.24, 2.45) is 0 Å². The van der Waals surface area contributed by atoms with Crippen LogP contribution in [0, 0.1) is 19.7 Å². The number of aromatic nitrogens is 1. The Hall–Kier alpha value is -4.77. The fraction of sp³-hybridized carbons (Fsp3) is 0.129. The van der Waals surface area contributed by atoms with Crippen molar-refractivity contribution in [3.05, 3.63) is 118 Å². The number of alkyl halides is 3. The standard InChI is InChI=1S/C31H23F4N3O3S/c1-18-14-21(19(2)37(18)24-10-12-26(13-11-24)41-17-20-6-8-23(32)9-7-20)15-27-28(39)36-30(42)38(29(27)40)25-5-3-4-22(16-25)31(33,34)35/h3-16H,17H2,1-2H3,(H,36,39,42)/b27-15+. The molecule has 0 saturated carbocycles. The third kappa shape index (κ3) is 5.82. The van der Waals surface area contributed by atoms with Gasteiger partial charge in [-0.05, 0) is 104 Å². The molecule has 1 saturated heterocycles. The molecule has 42 heavy (non-hydrogen) atoms. The summed E-state index contributed by atoms with van der Waals surface area (Å²) < 4.78 is 60.7. The quantitative estimate of drug-likeness (QED) is 0.118. The maximum Gasteiger partial charge on any atom is 0.416 e. The van der Waals surface area contributed by atoms with Crippen LogP contribution in [0.4, 0.5) is 23.2 Å². The summed E-state index contributed by atoms with van der Waals surface area (Å²) in [6, 6.07) is 19.3. The second-order valence-electron chi connectivity index (χ2n) is 9.58. The molecule has 1 N–H and O–H groups in total. The summed E-state index contributed by atoms with van der Waals surface area (Å²) in [5.41, 5.74) is 2.39. The van der Waals surface area contributed by atoms with Crippen molar-refractivity contribution >= 4 is 40.9 Å². The SMILES string of the molecule is Cc1cc(/C=C2\C(=O)NC(=S)N(c3cccc(C(F)(F)F)c3)C2=O)c(C)n1-c1ccc(OCc2ccc(F)cc2)cc1. The van der Waals surface area contributed by atoms with Gasteiger partial charge in [0, 0.05) is 17.1 Å². The minimum absolute atomic E-state index is 0.113. The predicted molar refractivity (Wildman–Crippen MR) is 154 cm³/mol. The number of aryl methyl sites for hydroxylation is 1. The molecule has 11 heteroatoms. The Labute approximate surface area is 243 Å². The van der Waals surface area contributed by atoms with Crippen molar-refractivity contribution in [1.29, 1.82) is 0 Å². The summed E-state index contributed by atoms with van der Waals surface area (Å²) in [6.45, 7) is 3.95. The van der Waals surface area contributed by atoms with Crippen LogP contribution >= 0.6 is 12.2 Å². The molecular weight excluding hydrogens is 570 g/mol. The Morgan fingerprint density at radius 1 is 0.929 bits per heavy atom. The van der Waals surface area contributed by atoms with Crippen LogP contribution in [0.5, 0.6) is 5.75 Å². The maximum atomic E-state index is 13.4. The van der Waals surface area contributed by atoms with Crippen LogP contribution in [0.25, 0.3) is 11.8 Å². The maximum absolute atomic E-state index is 13.4. The smallest absolute Gasteiger partial charge is 0.416 e. The average Bonchev–Trinajstić information content (AvgIpc) is 3.23. The topological polar surface area (TPSA) is 63.6 Å². The lowest BCUT2D eigenvalue weighted by molar-refractivity contribution is -0.137. The Balaban J connectivity index is 1.40. The van der Waals surface area contributed by atoms with Crippen LogP contribution in [0.1, 0.15) is 28.1 Å². The van der Waals surface area contributed by atoms with Gasteiger partial charge in [-0.15, -0.1) is 0 Å². The second-order valence-corrected chi connectivity index (χ2v) is 9.96. The van der Waals surface area contributed by atoms with Crippen molar-refractivity contribution in [2.75, 3.05) is 4.90 Å². The first kappa shape index (κ1) is 28.7. The third-order valence-electron chi connectivity index (χ3n) is 6.72. The summed E-state index contributed by atoms with van der Waals surface area (Å²) in [6.07, 6.45) is -3.22. The number of benzene rings is 3. The van der Waals surface area contributed by atoms with Gasteiger partial charge < -0.3 is 9.30 Å². The monoisotopic (exact) mass is 593 g/mol. The lowest BCUT2D eigenvalue weighted by Gasteiger charge is -2.29. The van der Waals surface area contributed by atoms with Crippen molar-refractivity contribution in [2.45, 2.75) is 26.6 Å². The van der Waals surface area contributed by atoms with Gasteiger partial charge in [-0.3, -0.25) is 19.8 Å². The minimum Gasteiger partial charge on any atom is -0.489 e. The zero-order valence-corrected chi connectivity index (χ0v) is 23.1. The molecule has 3 aromatic carbocycles. The Morgan fingerprint density at radius 2 is 1.62 bits per heavy atom. The molecular formula is C31H23F4N3O3S. The number of hydrogen-bond donors (Lipinski definition) is 1. The lowest BCUT2D eigenvalue weighted by atomic mass is 10.1. The van der Waals surface area contributed by atoms with Crippen LogP contribution in [0.3, 0.4) is 0 Å². The van der Waals surface area contributed by atoms with E-state index in [1.807, 2.05) is 30.5 Å². The van der Waals surface area contributed by atoms with Gasteiger partial charge in [-0.1, -0.05) is 18.2 Å². The summed E-state index contributed by atoms with van der Waals surface area (Å²) in [5, 5.41) is 2.09. The lowest BCUT2D eigenvalue weighted by Crippen LogP contribution is -2.54. The van der Waals surface area contributed by atoms with Crippen LogP contribution in [0.2, 0.25) is 0 Å². The van der Waals surface area contributed by atoms with Crippen molar-refractivity contribution < 1.29 is 31.9 Å². The molecule has 0 radical (unpaired) electrons. The highest BCUT2D eigenvalue weighted by Crippen LogP contribution is 2.33. The molecule has 214 valence electrons. The van der Waals surface area contributed by atoms with E-state index < -0.39 is 23.6 Å². The van der Waals surface area contributed by atoms with Crippen molar-refractivity contribution in [1.82, 2.24) is 9.88 Å². The number of thiocarbonyl (C=S) groups is 1. The molecule has 0 atom stereocenters. The first-order valence-electron chi connectivity index (χ1n) is 12.7. The Kier molecular flexibility index (Phi) is 7.70. The summed E-state index contributed by atoms with van der Waals surface area (Å²) in [4.78, 5) is 27.0. The molecule has 0 aliphatic carbocycles. The Morgan fingerprint density at radius 3 is 2.29 bits per heavy atom. The van der Waals surface area contributed by atoms with Crippen LogP contribution in [-0.2, 0) is 22.4 Å². The predicted octanol–water partition coefficient (Wildman–Crippen LogP) is 6.66. The normalized spacial score (nSPS) is 14.9. The first-order chi connectivity index (χ1) is 19.9. The van der Waals surface area contributed by atoms with Gasteiger partial charge in [0.1, 0.15) is 23.7 Å². The molecule has 0 spiro atoms. The molecule has 1 aliphatic heterocycles. The van der Waals surface area contributed by atoms with E-state index in [-0.39, 0.29) is 28.8 Å². The van der Waals surface area contributed by atoms with E-state index in [4.69, 9.17) is 17.0 Å². The fourth-order valence-electron chi connectivity index (χ4n) is 4.64. The number of rotatable bonds is 6. The highest BCUT2D eigenvalue weighted by atomic mass is 32.1.